The molecule has 2 heterocycles. The van der Waals surface area contributed by atoms with Gasteiger partial charge in [0, 0.05) is 43.5 Å². The predicted molar refractivity (Wildman–Crippen MR) is 104 cm³/mol. The fourth-order valence-electron chi connectivity index (χ4n) is 3.20. The Morgan fingerprint density at radius 1 is 0.923 bits per heavy atom. The monoisotopic (exact) mass is 371 g/mol. The van der Waals surface area contributed by atoms with Crippen molar-refractivity contribution in [2.75, 3.05) is 32.4 Å². The van der Waals surface area contributed by atoms with Crippen molar-refractivity contribution in [3.05, 3.63) is 53.9 Å². The molecular weight excluding hydrogens is 346 g/mol. The van der Waals surface area contributed by atoms with Gasteiger partial charge in [0.2, 0.25) is 11.8 Å². The van der Waals surface area contributed by atoms with Crippen molar-refractivity contribution < 1.29 is 9.59 Å². The standard InChI is InChI=1S/C20H25N3O2S/c1-26-18-5-3-16(4-6-18)13-19(24)22-9-2-10-23(12-11-22)20(25)14-17-7-8-21-15-17/h3-8,15,21H,2,9-14H2,1H3. The van der Waals surface area contributed by atoms with Crippen LogP contribution in [0.1, 0.15) is 17.5 Å². The number of nitrogens with zero attached hydrogens (tertiary/aromatic N) is 2. The molecule has 1 fully saturated rings. The van der Waals surface area contributed by atoms with Crippen molar-refractivity contribution in [2.24, 2.45) is 0 Å². The summed E-state index contributed by atoms with van der Waals surface area (Å²) in [6.45, 7) is 2.66. The minimum atomic E-state index is 0.131. The molecule has 5 nitrogen and oxygen atoms in total. The summed E-state index contributed by atoms with van der Waals surface area (Å²) < 4.78 is 0. The molecular formula is C20H25N3O2S. The Balaban J connectivity index is 1.52. The van der Waals surface area contributed by atoms with E-state index in [1.165, 1.54) is 4.90 Å². The van der Waals surface area contributed by atoms with E-state index in [-0.39, 0.29) is 11.8 Å². The van der Waals surface area contributed by atoms with Crippen molar-refractivity contribution in [1.29, 1.82) is 0 Å². The Labute approximate surface area is 158 Å². The van der Waals surface area contributed by atoms with Crippen LogP contribution in [0.15, 0.2) is 47.6 Å². The number of carbonyl (C=O) groups excluding carboxylic acids is 2. The van der Waals surface area contributed by atoms with Crippen molar-refractivity contribution in [1.82, 2.24) is 14.8 Å². The predicted octanol–water partition coefficient (Wildman–Crippen LogP) is 2.58. The molecule has 0 spiro atoms. The normalized spacial score (nSPS) is 15.0. The smallest absolute Gasteiger partial charge is 0.227 e. The maximum Gasteiger partial charge on any atom is 0.227 e. The zero-order chi connectivity index (χ0) is 18.4. The second-order valence-corrected chi connectivity index (χ2v) is 7.42. The van der Waals surface area contributed by atoms with E-state index in [1.54, 1.807) is 11.8 Å². The fraction of sp³-hybridized carbons (Fsp3) is 0.400. The third-order valence-corrected chi connectivity index (χ3v) is 5.48. The Kier molecular flexibility index (Phi) is 6.39. The van der Waals surface area contributed by atoms with E-state index in [0.29, 0.717) is 25.9 Å². The molecule has 1 saturated heterocycles. The molecule has 6 heteroatoms. The van der Waals surface area contributed by atoms with E-state index in [2.05, 4.69) is 17.1 Å². The number of H-pyrrole nitrogens is 1. The van der Waals surface area contributed by atoms with E-state index < -0.39 is 0 Å². The second-order valence-electron chi connectivity index (χ2n) is 6.54. The van der Waals surface area contributed by atoms with Gasteiger partial charge in [-0.15, -0.1) is 11.8 Å². The molecule has 1 aliphatic heterocycles. The van der Waals surface area contributed by atoms with Gasteiger partial charge in [-0.05, 0) is 42.0 Å². The van der Waals surface area contributed by atoms with Gasteiger partial charge in [-0.2, -0.15) is 0 Å². The summed E-state index contributed by atoms with van der Waals surface area (Å²) in [5, 5.41) is 0. The Morgan fingerprint density at radius 2 is 1.54 bits per heavy atom. The first-order valence-corrected chi connectivity index (χ1v) is 10.2. The third kappa shape index (κ3) is 4.91. The third-order valence-electron chi connectivity index (χ3n) is 4.73. The molecule has 2 amide bonds. The number of thioether (sulfide) groups is 1. The molecule has 0 atom stereocenters. The second kappa shape index (κ2) is 8.94. The van der Waals surface area contributed by atoms with E-state index in [0.717, 1.165) is 30.6 Å². The average molecular weight is 372 g/mol. The largest absolute Gasteiger partial charge is 0.367 e. The van der Waals surface area contributed by atoms with Gasteiger partial charge in [0.05, 0.1) is 12.8 Å². The van der Waals surface area contributed by atoms with Crippen molar-refractivity contribution >= 4 is 23.6 Å². The maximum atomic E-state index is 12.6. The molecule has 2 aromatic rings. The van der Waals surface area contributed by atoms with Crippen molar-refractivity contribution in [3.8, 4) is 0 Å². The number of carbonyl (C=O) groups is 2. The lowest BCUT2D eigenvalue weighted by atomic mass is 10.1. The van der Waals surface area contributed by atoms with Gasteiger partial charge < -0.3 is 14.8 Å². The van der Waals surface area contributed by atoms with Gasteiger partial charge in [0.15, 0.2) is 0 Å². The highest BCUT2D eigenvalue weighted by atomic mass is 32.2. The van der Waals surface area contributed by atoms with Crippen LogP contribution in [0.25, 0.3) is 0 Å². The summed E-state index contributed by atoms with van der Waals surface area (Å²) >= 11 is 1.70. The minimum absolute atomic E-state index is 0.131. The fourth-order valence-corrected chi connectivity index (χ4v) is 3.61. The van der Waals surface area contributed by atoms with Crippen LogP contribution in [0.3, 0.4) is 0 Å². The number of hydrogen-bond acceptors (Lipinski definition) is 3. The van der Waals surface area contributed by atoms with Crippen LogP contribution in [-0.4, -0.2) is 59.0 Å². The van der Waals surface area contributed by atoms with Gasteiger partial charge in [0.25, 0.3) is 0 Å². The number of nitrogens with one attached hydrogen (secondary N) is 1. The number of amides is 2. The Bertz CT molecular complexity index is 728. The quantitative estimate of drug-likeness (QED) is 0.822. The number of aromatic nitrogens is 1. The minimum Gasteiger partial charge on any atom is -0.367 e. The molecule has 1 N–H and O–H groups in total. The number of benzene rings is 1. The lowest BCUT2D eigenvalue weighted by Crippen LogP contribution is -2.38. The molecule has 0 saturated carbocycles. The molecule has 1 aromatic carbocycles. The summed E-state index contributed by atoms with van der Waals surface area (Å²) in [6.07, 6.45) is 7.40. The highest BCUT2D eigenvalue weighted by molar-refractivity contribution is 7.98. The van der Waals surface area contributed by atoms with E-state index >= 15 is 0 Å². The maximum absolute atomic E-state index is 12.6. The summed E-state index contributed by atoms with van der Waals surface area (Å²) in [7, 11) is 0. The van der Waals surface area contributed by atoms with Gasteiger partial charge >= 0.3 is 0 Å². The molecule has 138 valence electrons. The molecule has 1 aliphatic rings. The Morgan fingerprint density at radius 3 is 2.08 bits per heavy atom. The molecule has 0 aliphatic carbocycles. The number of hydrogen-bond donors (Lipinski definition) is 1. The summed E-state index contributed by atoms with van der Waals surface area (Å²) in [4.78, 5) is 33.0. The van der Waals surface area contributed by atoms with E-state index in [9.17, 15) is 9.59 Å². The molecule has 3 rings (SSSR count). The van der Waals surface area contributed by atoms with Crippen LogP contribution in [0.5, 0.6) is 0 Å². The van der Waals surface area contributed by atoms with Crippen LogP contribution in [-0.2, 0) is 22.4 Å². The first-order chi connectivity index (χ1) is 12.7. The van der Waals surface area contributed by atoms with E-state index in [4.69, 9.17) is 0 Å². The topological polar surface area (TPSA) is 56.4 Å². The van der Waals surface area contributed by atoms with Crippen LogP contribution < -0.4 is 0 Å². The van der Waals surface area contributed by atoms with Crippen molar-refractivity contribution in [2.45, 2.75) is 24.2 Å². The number of aromatic amines is 1. The van der Waals surface area contributed by atoms with Gasteiger partial charge in [-0.1, -0.05) is 12.1 Å². The first kappa shape index (κ1) is 18.6. The van der Waals surface area contributed by atoms with Gasteiger partial charge in [0.1, 0.15) is 0 Å². The summed E-state index contributed by atoms with van der Waals surface area (Å²) in [5.74, 6) is 0.272. The van der Waals surface area contributed by atoms with Crippen LogP contribution >= 0.6 is 11.8 Å². The summed E-state index contributed by atoms with van der Waals surface area (Å²) in [6, 6.07) is 10.1. The summed E-state index contributed by atoms with van der Waals surface area (Å²) in [5.41, 5.74) is 2.04. The van der Waals surface area contributed by atoms with Crippen LogP contribution in [0.2, 0.25) is 0 Å². The van der Waals surface area contributed by atoms with Crippen molar-refractivity contribution in [3.63, 3.8) is 0 Å². The molecule has 0 bridgehead atoms. The SMILES string of the molecule is CSc1ccc(CC(=O)N2CCCN(C(=O)Cc3cc[nH]c3)CC2)cc1. The number of rotatable bonds is 5. The lowest BCUT2D eigenvalue weighted by molar-refractivity contribution is -0.132. The molecule has 0 radical (unpaired) electrons. The zero-order valence-electron chi connectivity index (χ0n) is 15.1. The highest BCUT2D eigenvalue weighted by Gasteiger charge is 2.22. The van der Waals surface area contributed by atoms with Crippen LogP contribution in [0, 0.1) is 0 Å². The Hall–Kier alpha value is -2.21. The molecule has 1 aromatic heterocycles. The van der Waals surface area contributed by atoms with Gasteiger partial charge in [-0.25, -0.2) is 0 Å². The lowest BCUT2D eigenvalue weighted by Gasteiger charge is -2.22. The zero-order valence-corrected chi connectivity index (χ0v) is 15.9. The average Bonchev–Trinajstić information content (AvgIpc) is 3.03. The first-order valence-electron chi connectivity index (χ1n) is 8.96. The highest BCUT2D eigenvalue weighted by Crippen LogP contribution is 2.16. The molecule has 0 unspecified atom stereocenters. The van der Waals surface area contributed by atoms with E-state index in [1.807, 2.05) is 46.6 Å². The van der Waals surface area contributed by atoms with Gasteiger partial charge in [-0.3, -0.25) is 9.59 Å². The molecule has 26 heavy (non-hydrogen) atoms. The van der Waals surface area contributed by atoms with Crippen LogP contribution in [0.4, 0.5) is 0 Å².